The molecule has 114 valence electrons. The molecule has 4 N–H and O–H groups in total. The Labute approximate surface area is 128 Å². The minimum absolute atomic E-state index is 0.0728. The molecule has 21 heavy (non-hydrogen) atoms. The van der Waals surface area contributed by atoms with Crippen LogP contribution in [0.15, 0.2) is 18.2 Å². The molecule has 6 nitrogen and oxygen atoms in total. The van der Waals surface area contributed by atoms with Crippen molar-refractivity contribution in [3.05, 3.63) is 28.8 Å². The number of carbonyl (C=O) groups is 2. The maximum atomic E-state index is 11.9. The van der Waals surface area contributed by atoms with Gasteiger partial charge in [-0.3, -0.25) is 9.59 Å². The number of benzene rings is 1. The molecule has 1 aliphatic rings. The number of anilines is 1. The molecule has 0 radical (unpaired) electrons. The summed E-state index contributed by atoms with van der Waals surface area (Å²) in [5.41, 5.74) is 5.99. The van der Waals surface area contributed by atoms with Crippen LogP contribution in [0.3, 0.4) is 0 Å². The first-order valence-corrected chi connectivity index (χ1v) is 7.26. The largest absolute Gasteiger partial charge is 0.366 e. The van der Waals surface area contributed by atoms with Crippen molar-refractivity contribution < 1.29 is 9.59 Å². The summed E-state index contributed by atoms with van der Waals surface area (Å²) >= 11 is 5.94. The Balaban J connectivity index is 1.84. The number of nitrogens with one attached hydrogen (secondary N) is 2. The molecule has 1 aromatic carbocycles. The van der Waals surface area contributed by atoms with E-state index in [4.69, 9.17) is 17.3 Å². The van der Waals surface area contributed by atoms with Gasteiger partial charge < -0.3 is 21.3 Å². The number of amides is 2. The quantitative estimate of drug-likeness (QED) is 0.746. The Morgan fingerprint density at radius 1 is 1.33 bits per heavy atom. The number of nitrogens with zero attached hydrogens (tertiary/aromatic N) is 1. The molecule has 0 atom stereocenters. The van der Waals surface area contributed by atoms with Gasteiger partial charge >= 0.3 is 0 Å². The molecule has 0 spiro atoms. The van der Waals surface area contributed by atoms with E-state index in [0.29, 0.717) is 12.1 Å². The fraction of sp³-hybridized carbons (Fsp3) is 0.429. The second kappa shape index (κ2) is 7.40. The summed E-state index contributed by atoms with van der Waals surface area (Å²) in [4.78, 5) is 25.2. The third-order valence-electron chi connectivity index (χ3n) is 3.38. The van der Waals surface area contributed by atoms with Gasteiger partial charge in [0.2, 0.25) is 11.8 Å². The molecule has 1 saturated heterocycles. The van der Waals surface area contributed by atoms with Crippen molar-refractivity contribution in [2.24, 2.45) is 5.73 Å². The normalized spacial score (nSPS) is 15.7. The number of rotatable bonds is 5. The van der Waals surface area contributed by atoms with E-state index in [1.807, 2.05) is 0 Å². The molecule has 0 aliphatic carbocycles. The second-order valence-corrected chi connectivity index (χ2v) is 5.36. The zero-order valence-electron chi connectivity index (χ0n) is 11.7. The number of nitrogens with two attached hydrogens (primary N) is 1. The highest BCUT2D eigenvalue weighted by atomic mass is 35.5. The van der Waals surface area contributed by atoms with Crippen LogP contribution in [0.5, 0.6) is 0 Å². The molecule has 7 heteroatoms. The fourth-order valence-corrected chi connectivity index (χ4v) is 2.48. The van der Waals surface area contributed by atoms with Crippen molar-refractivity contribution in [3.8, 4) is 0 Å². The first-order chi connectivity index (χ1) is 10.1. The van der Waals surface area contributed by atoms with Crippen LogP contribution in [0.1, 0.15) is 16.8 Å². The van der Waals surface area contributed by atoms with E-state index < -0.39 is 5.91 Å². The molecule has 0 aromatic heterocycles. The average molecular weight is 311 g/mol. The van der Waals surface area contributed by atoms with Crippen molar-refractivity contribution in [3.63, 3.8) is 0 Å². The Kier molecular flexibility index (Phi) is 5.55. The highest BCUT2D eigenvalue weighted by Crippen LogP contribution is 2.20. The standard InChI is InChI=1S/C14H19ClN4O2/c15-12-9-10(1-2-11(12)14(16)21)18-13(20)3-6-19-7-4-17-5-8-19/h1-2,9,17H,3-8H2,(H2,16,21)(H,18,20). The lowest BCUT2D eigenvalue weighted by atomic mass is 10.2. The van der Waals surface area contributed by atoms with Crippen molar-refractivity contribution in [1.29, 1.82) is 0 Å². The Morgan fingerprint density at radius 3 is 2.67 bits per heavy atom. The summed E-state index contributed by atoms with van der Waals surface area (Å²) in [6.45, 7) is 4.59. The maximum absolute atomic E-state index is 11.9. The first-order valence-electron chi connectivity index (χ1n) is 6.88. The van der Waals surface area contributed by atoms with Crippen LogP contribution < -0.4 is 16.4 Å². The van der Waals surface area contributed by atoms with Gasteiger partial charge in [0, 0.05) is 44.8 Å². The number of primary amides is 1. The van der Waals surface area contributed by atoms with E-state index >= 15 is 0 Å². The molecule has 0 unspecified atom stereocenters. The van der Waals surface area contributed by atoms with Crippen LogP contribution in [0.2, 0.25) is 5.02 Å². The third kappa shape index (κ3) is 4.70. The van der Waals surface area contributed by atoms with Gasteiger partial charge in [0.25, 0.3) is 0 Å². The van der Waals surface area contributed by atoms with Crippen LogP contribution in [0.25, 0.3) is 0 Å². The highest BCUT2D eigenvalue weighted by molar-refractivity contribution is 6.34. The zero-order valence-corrected chi connectivity index (χ0v) is 12.4. The van der Waals surface area contributed by atoms with Gasteiger partial charge in [0.05, 0.1) is 10.6 Å². The number of halogens is 1. The predicted octanol–water partition coefficient (Wildman–Crippen LogP) is 0.673. The van der Waals surface area contributed by atoms with Gasteiger partial charge in [-0.15, -0.1) is 0 Å². The fourth-order valence-electron chi connectivity index (χ4n) is 2.21. The third-order valence-corrected chi connectivity index (χ3v) is 3.70. The van der Waals surface area contributed by atoms with Crippen LogP contribution in [-0.4, -0.2) is 49.4 Å². The van der Waals surface area contributed by atoms with E-state index in [1.165, 1.54) is 12.1 Å². The molecule has 0 saturated carbocycles. The van der Waals surface area contributed by atoms with Crippen molar-refractivity contribution in [2.75, 3.05) is 38.0 Å². The molecule has 1 fully saturated rings. The Hall–Kier alpha value is -1.63. The zero-order chi connectivity index (χ0) is 15.2. The van der Waals surface area contributed by atoms with Gasteiger partial charge in [0.15, 0.2) is 0 Å². The van der Waals surface area contributed by atoms with E-state index in [9.17, 15) is 9.59 Å². The lowest BCUT2D eigenvalue weighted by molar-refractivity contribution is -0.116. The van der Waals surface area contributed by atoms with Gasteiger partial charge in [-0.2, -0.15) is 0 Å². The lowest BCUT2D eigenvalue weighted by Gasteiger charge is -2.26. The molecule has 1 aromatic rings. The Bertz CT molecular complexity index is 530. The molecule has 2 rings (SSSR count). The second-order valence-electron chi connectivity index (χ2n) is 4.95. The van der Waals surface area contributed by atoms with Crippen LogP contribution >= 0.6 is 11.6 Å². The molecule has 2 amide bonds. The summed E-state index contributed by atoms with van der Waals surface area (Å²) in [7, 11) is 0. The molecule has 1 aliphatic heterocycles. The van der Waals surface area contributed by atoms with Crippen LogP contribution in [0.4, 0.5) is 5.69 Å². The molecule has 1 heterocycles. The monoisotopic (exact) mass is 310 g/mol. The smallest absolute Gasteiger partial charge is 0.250 e. The highest BCUT2D eigenvalue weighted by Gasteiger charge is 2.12. The molecule has 0 bridgehead atoms. The van der Waals surface area contributed by atoms with E-state index in [0.717, 1.165) is 32.7 Å². The summed E-state index contributed by atoms with van der Waals surface area (Å²) < 4.78 is 0. The molecular formula is C14H19ClN4O2. The van der Waals surface area contributed by atoms with Crippen LogP contribution in [0, 0.1) is 0 Å². The summed E-state index contributed by atoms with van der Waals surface area (Å²) in [5.74, 6) is -0.659. The van der Waals surface area contributed by atoms with E-state index in [-0.39, 0.29) is 16.5 Å². The van der Waals surface area contributed by atoms with Gasteiger partial charge in [-0.25, -0.2) is 0 Å². The average Bonchev–Trinajstić information content (AvgIpc) is 2.46. The van der Waals surface area contributed by atoms with Crippen molar-refractivity contribution in [1.82, 2.24) is 10.2 Å². The number of hydrogen-bond donors (Lipinski definition) is 3. The van der Waals surface area contributed by atoms with Crippen molar-refractivity contribution >= 4 is 29.1 Å². The summed E-state index contributed by atoms with van der Waals surface area (Å²) in [5, 5.41) is 6.28. The predicted molar refractivity (Wildman–Crippen MR) is 82.5 cm³/mol. The molecular weight excluding hydrogens is 292 g/mol. The lowest BCUT2D eigenvalue weighted by Crippen LogP contribution is -2.44. The number of hydrogen-bond acceptors (Lipinski definition) is 4. The number of carbonyl (C=O) groups excluding carboxylic acids is 2. The van der Waals surface area contributed by atoms with E-state index in [2.05, 4.69) is 15.5 Å². The minimum Gasteiger partial charge on any atom is -0.366 e. The number of piperazine rings is 1. The Morgan fingerprint density at radius 2 is 2.05 bits per heavy atom. The van der Waals surface area contributed by atoms with E-state index in [1.54, 1.807) is 6.07 Å². The van der Waals surface area contributed by atoms with Crippen LogP contribution in [-0.2, 0) is 4.79 Å². The van der Waals surface area contributed by atoms with Crippen molar-refractivity contribution in [2.45, 2.75) is 6.42 Å². The summed E-state index contributed by atoms with van der Waals surface area (Å²) in [6.07, 6.45) is 0.426. The summed E-state index contributed by atoms with van der Waals surface area (Å²) in [6, 6.07) is 4.66. The topological polar surface area (TPSA) is 87.5 Å². The van der Waals surface area contributed by atoms with Gasteiger partial charge in [0.1, 0.15) is 0 Å². The maximum Gasteiger partial charge on any atom is 0.250 e. The van der Waals surface area contributed by atoms with Gasteiger partial charge in [-0.05, 0) is 18.2 Å². The van der Waals surface area contributed by atoms with Gasteiger partial charge in [-0.1, -0.05) is 11.6 Å². The minimum atomic E-state index is -0.586. The first kappa shape index (κ1) is 15.8. The SMILES string of the molecule is NC(=O)c1ccc(NC(=O)CCN2CCNCC2)cc1Cl.